The maximum Gasteiger partial charge on any atom is 0.0808 e. The van der Waals surface area contributed by atoms with E-state index >= 15 is 0 Å². The summed E-state index contributed by atoms with van der Waals surface area (Å²) < 4.78 is 6.18. The van der Waals surface area contributed by atoms with Crippen LogP contribution in [0.2, 0.25) is 0 Å². The van der Waals surface area contributed by atoms with E-state index in [1.807, 2.05) is 0 Å². The largest absolute Gasteiger partial charge is 0.369 e. The summed E-state index contributed by atoms with van der Waals surface area (Å²) in [6.07, 6.45) is 4.70. The van der Waals surface area contributed by atoms with Crippen LogP contribution < -0.4 is 5.73 Å². The van der Waals surface area contributed by atoms with Gasteiger partial charge in [-0.3, -0.25) is 0 Å². The predicted molar refractivity (Wildman–Crippen MR) is 75.4 cm³/mol. The summed E-state index contributed by atoms with van der Waals surface area (Å²) in [5.41, 5.74) is 8.42. The summed E-state index contributed by atoms with van der Waals surface area (Å²) in [6, 6.07) is 8.52. The molecule has 1 aliphatic rings. The number of hydrogen-bond donors (Lipinski definition) is 1. The lowest BCUT2D eigenvalue weighted by atomic mass is 9.79. The lowest BCUT2D eigenvalue weighted by Crippen LogP contribution is -2.43. The molecule has 1 aliphatic carbocycles. The van der Waals surface area contributed by atoms with Gasteiger partial charge in [0.1, 0.15) is 0 Å². The van der Waals surface area contributed by atoms with Gasteiger partial charge in [-0.15, -0.1) is 0 Å². The highest BCUT2D eigenvalue weighted by molar-refractivity contribution is 5.21. The van der Waals surface area contributed by atoms with Crippen molar-refractivity contribution in [3.05, 3.63) is 35.4 Å². The minimum atomic E-state index is -0.0732. The molecule has 2 rings (SSSR count). The fourth-order valence-corrected chi connectivity index (χ4v) is 2.73. The maximum absolute atomic E-state index is 6.18. The highest BCUT2D eigenvalue weighted by atomic mass is 16.5. The van der Waals surface area contributed by atoms with Crippen molar-refractivity contribution in [3.8, 4) is 0 Å². The summed E-state index contributed by atoms with van der Waals surface area (Å²) in [5, 5.41) is 0. The average Bonchev–Trinajstić information content (AvgIpc) is 2.39. The molecule has 18 heavy (non-hydrogen) atoms. The van der Waals surface area contributed by atoms with Crippen LogP contribution in [0.3, 0.4) is 0 Å². The number of aryl methyl sites for hydroxylation is 1. The molecule has 0 radical (unpaired) electrons. The van der Waals surface area contributed by atoms with E-state index in [0.717, 1.165) is 18.8 Å². The van der Waals surface area contributed by atoms with E-state index in [2.05, 4.69) is 38.1 Å². The van der Waals surface area contributed by atoms with E-state index in [4.69, 9.17) is 10.5 Å². The van der Waals surface area contributed by atoms with Crippen LogP contribution in [0.1, 0.15) is 43.7 Å². The average molecular weight is 247 g/mol. The van der Waals surface area contributed by atoms with Gasteiger partial charge in [-0.2, -0.15) is 0 Å². The van der Waals surface area contributed by atoms with Crippen LogP contribution in [0.4, 0.5) is 0 Å². The van der Waals surface area contributed by atoms with Crippen LogP contribution in [0.5, 0.6) is 0 Å². The van der Waals surface area contributed by atoms with Gasteiger partial charge in [0, 0.05) is 6.54 Å². The van der Waals surface area contributed by atoms with E-state index in [1.54, 1.807) is 0 Å². The van der Waals surface area contributed by atoms with Gasteiger partial charge >= 0.3 is 0 Å². The minimum absolute atomic E-state index is 0.0732. The van der Waals surface area contributed by atoms with Crippen LogP contribution in [-0.4, -0.2) is 12.1 Å². The molecule has 0 unspecified atom stereocenters. The first-order chi connectivity index (χ1) is 8.63. The van der Waals surface area contributed by atoms with Crippen molar-refractivity contribution in [2.75, 3.05) is 6.54 Å². The molecular formula is C16H25NO. The Balaban J connectivity index is 1.95. The Labute approximate surface area is 111 Å². The first kappa shape index (κ1) is 13.6. The molecule has 2 heteroatoms. The van der Waals surface area contributed by atoms with Crippen molar-refractivity contribution in [3.63, 3.8) is 0 Å². The predicted octanol–water partition coefficient (Wildman–Crippen LogP) is 3.42. The summed E-state index contributed by atoms with van der Waals surface area (Å²) in [7, 11) is 0. The zero-order chi connectivity index (χ0) is 13.0. The second-order valence-corrected chi connectivity index (χ2v) is 5.85. The molecule has 2 nitrogen and oxygen atoms in total. The molecule has 0 bridgehead atoms. The molecule has 2 N–H and O–H groups in total. The monoisotopic (exact) mass is 247 g/mol. The lowest BCUT2D eigenvalue weighted by molar-refractivity contribution is -0.0799. The maximum atomic E-state index is 6.18. The Morgan fingerprint density at radius 2 is 2.06 bits per heavy atom. The van der Waals surface area contributed by atoms with Crippen molar-refractivity contribution in [2.24, 2.45) is 11.7 Å². The molecule has 1 aromatic carbocycles. The minimum Gasteiger partial charge on any atom is -0.369 e. The third kappa shape index (κ3) is 3.33. The van der Waals surface area contributed by atoms with Crippen LogP contribution in [-0.2, 0) is 11.3 Å². The molecule has 0 aliphatic heterocycles. The highest BCUT2D eigenvalue weighted by Gasteiger charge is 2.33. The number of hydrogen-bond acceptors (Lipinski definition) is 2. The molecule has 0 saturated heterocycles. The standard InChI is InChI=1S/C16H25NO/c1-13-6-8-16(12-17,9-7-13)18-11-15-5-3-4-14(2)10-15/h3-5,10,13H,6-9,11-12,17H2,1-2H3. The Morgan fingerprint density at radius 1 is 1.33 bits per heavy atom. The molecule has 1 fully saturated rings. The third-order valence-electron chi connectivity index (χ3n) is 4.19. The smallest absolute Gasteiger partial charge is 0.0808 e. The van der Waals surface area contributed by atoms with Crippen LogP contribution in [0.25, 0.3) is 0 Å². The highest BCUT2D eigenvalue weighted by Crippen LogP contribution is 2.34. The molecule has 1 saturated carbocycles. The van der Waals surface area contributed by atoms with Gasteiger partial charge in [0.2, 0.25) is 0 Å². The van der Waals surface area contributed by atoms with Crippen molar-refractivity contribution in [2.45, 2.75) is 51.7 Å². The summed E-state index contributed by atoms with van der Waals surface area (Å²) in [6.45, 7) is 5.77. The Bertz CT molecular complexity index is 380. The molecule has 0 heterocycles. The first-order valence-electron chi connectivity index (χ1n) is 7.03. The van der Waals surface area contributed by atoms with Crippen molar-refractivity contribution in [1.82, 2.24) is 0 Å². The van der Waals surface area contributed by atoms with Crippen LogP contribution in [0.15, 0.2) is 24.3 Å². The number of nitrogens with two attached hydrogens (primary N) is 1. The number of ether oxygens (including phenoxy) is 1. The molecule has 0 aromatic heterocycles. The van der Waals surface area contributed by atoms with Gasteiger partial charge in [-0.05, 0) is 44.1 Å². The van der Waals surface area contributed by atoms with E-state index in [9.17, 15) is 0 Å². The molecule has 100 valence electrons. The van der Waals surface area contributed by atoms with Gasteiger partial charge in [-0.1, -0.05) is 36.8 Å². The summed E-state index contributed by atoms with van der Waals surface area (Å²) >= 11 is 0. The molecule has 0 spiro atoms. The fraction of sp³-hybridized carbons (Fsp3) is 0.625. The van der Waals surface area contributed by atoms with Gasteiger partial charge in [0.15, 0.2) is 0 Å². The number of benzene rings is 1. The second-order valence-electron chi connectivity index (χ2n) is 5.85. The Kier molecular flexibility index (Phi) is 4.41. The van der Waals surface area contributed by atoms with E-state index in [1.165, 1.54) is 24.0 Å². The molecule has 0 atom stereocenters. The normalized spacial score (nSPS) is 28.3. The van der Waals surface area contributed by atoms with E-state index in [-0.39, 0.29) is 5.60 Å². The Hall–Kier alpha value is -0.860. The van der Waals surface area contributed by atoms with E-state index < -0.39 is 0 Å². The van der Waals surface area contributed by atoms with E-state index in [0.29, 0.717) is 13.2 Å². The quantitative estimate of drug-likeness (QED) is 0.885. The van der Waals surface area contributed by atoms with Gasteiger partial charge in [-0.25, -0.2) is 0 Å². The zero-order valence-electron chi connectivity index (χ0n) is 11.6. The zero-order valence-corrected chi connectivity index (χ0v) is 11.6. The SMILES string of the molecule is Cc1cccc(COC2(CN)CCC(C)CC2)c1. The topological polar surface area (TPSA) is 35.2 Å². The molecule has 0 amide bonds. The fourth-order valence-electron chi connectivity index (χ4n) is 2.73. The van der Waals surface area contributed by atoms with Gasteiger partial charge in [0.05, 0.1) is 12.2 Å². The first-order valence-corrected chi connectivity index (χ1v) is 7.03. The van der Waals surface area contributed by atoms with Crippen molar-refractivity contribution < 1.29 is 4.74 Å². The Morgan fingerprint density at radius 3 is 2.67 bits per heavy atom. The third-order valence-corrected chi connectivity index (χ3v) is 4.19. The van der Waals surface area contributed by atoms with Crippen LogP contribution in [0, 0.1) is 12.8 Å². The summed E-state index contributed by atoms with van der Waals surface area (Å²) in [4.78, 5) is 0. The second kappa shape index (κ2) is 5.85. The van der Waals surface area contributed by atoms with Crippen molar-refractivity contribution >= 4 is 0 Å². The summed E-state index contributed by atoms with van der Waals surface area (Å²) in [5.74, 6) is 0.826. The number of rotatable bonds is 4. The van der Waals surface area contributed by atoms with Crippen LogP contribution >= 0.6 is 0 Å². The lowest BCUT2D eigenvalue weighted by Gasteiger charge is -2.38. The van der Waals surface area contributed by atoms with Crippen molar-refractivity contribution in [1.29, 1.82) is 0 Å². The van der Waals surface area contributed by atoms with Gasteiger partial charge in [0.25, 0.3) is 0 Å². The van der Waals surface area contributed by atoms with Gasteiger partial charge < -0.3 is 10.5 Å². The molecule has 1 aromatic rings. The molecular weight excluding hydrogens is 222 g/mol.